The number of thiocarbonyl (C=S) groups is 1. The highest BCUT2D eigenvalue weighted by Gasteiger charge is 2.37. The number of nitrogens with zero attached hydrogens (tertiary/aromatic N) is 1. The van der Waals surface area contributed by atoms with Crippen molar-refractivity contribution in [2.24, 2.45) is 0 Å². The van der Waals surface area contributed by atoms with E-state index in [1.807, 2.05) is 37.4 Å². The van der Waals surface area contributed by atoms with E-state index in [0.717, 1.165) is 34.4 Å². The molecule has 0 bridgehead atoms. The van der Waals surface area contributed by atoms with Gasteiger partial charge >= 0.3 is 0 Å². The lowest BCUT2D eigenvalue weighted by Gasteiger charge is -2.27. The molecule has 0 aliphatic carbocycles. The van der Waals surface area contributed by atoms with Crippen LogP contribution in [0.25, 0.3) is 6.08 Å². The zero-order valence-electron chi connectivity index (χ0n) is 14.6. The maximum absolute atomic E-state index is 12.7. The number of carboxylic acids is 1. The fraction of sp³-hybridized carbons (Fsp3) is 0.389. The lowest BCUT2D eigenvalue weighted by atomic mass is 10.1. The second kappa shape index (κ2) is 9.99. The normalized spacial score (nSPS) is 17.0. The summed E-state index contributed by atoms with van der Waals surface area (Å²) in [6.07, 6.45) is 4.79. The van der Waals surface area contributed by atoms with E-state index >= 15 is 0 Å². The molecule has 0 aromatic heterocycles. The van der Waals surface area contributed by atoms with E-state index < -0.39 is 17.9 Å². The third-order valence-electron chi connectivity index (χ3n) is 3.63. The average molecular weight is 411 g/mol. The maximum Gasteiger partial charge on any atom is 0.266 e. The van der Waals surface area contributed by atoms with E-state index in [4.69, 9.17) is 17.0 Å². The summed E-state index contributed by atoms with van der Waals surface area (Å²) in [5, 5.41) is 11.5. The van der Waals surface area contributed by atoms with Crippen LogP contribution in [0.15, 0.2) is 29.2 Å². The Morgan fingerprint density at radius 1 is 1.50 bits per heavy atom. The molecule has 1 aliphatic rings. The molecule has 1 heterocycles. The van der Waals surface area contributed by atoms with Gasteiger partial charge in [-0.25, -0.2) is 0 Å². The SMILES string of the molecule is CCCOc1cccc(/C=C2/SC(=S)N([C@@H](CCSC)C(=O)[O-])C2=O)c1. The van der Waals surface area contributed by atoms with Gasteiger partial charge in [0.05, 0.1) is 23.5 Å². The standard InChI is InChI=1S/C18H21NO4S3/c1-3-8-23-13-6-4-5-12(10-13)11-15-16(20)19(18(24)26-15)14(17(21)22)7-9-25-2/h4-6,10-11,14H,3,7-9H2,1-2H3,(H,21,22)/p-1/b15-11+/t14-/m0/s1. The first-order chi connectivity index (χ1) is 12.5. The number of ether oxygens (including phenoxy) is 1. The number of hydrogen-bond acceptors (Lipinski definition) is 7. The first-order valence-corrected chi connectivity index (χ1v) is 10.8. The summed E-state index contributed by atoms with van der Waals surface area (Å²) in [5.74, 6) is -0.351. The molecule has 0 unspecified atom stereocenters. The Hall–Kier alpha value is -1.51. The van der Waals surface area contributed by atoms with Gasteiger partial charge in [0.2, 0.25) is 0 Å². The van der Waals surface area contributed by atoms with E-state index in [9.17, 15) is 14.7 Å². The number of carbonyl (C=O) groups is 2. The van der Waals surface area contributed by atoms with Gasteiger partial charge in [0.15, 0.2) is 0 Å². The van der Waals surface area contributed by atoms with Crippen molar-refractivity contribution in [3.05, 3.63) is 34.7 Å². The largest absolute Gasteiger partial charge is 0.548 e. The molecule has 8 heteroatoms. The fourth-order valence-electron chi connectivity index (χ4n) is 2.40. The second-order valence-corrected chi connectivity index (χ2v) is 8.25. The van der Waals surface area contributed by atoms with Crippen molar-refractivity contribution < 1.29 is 19.4 Å². The van der Waals surface area contributed by atoms with Crippen LogP contribution in [0.1, 0.15) is 25.3 Å². The Morgan fingerprint density at radius 3 is 2.92 bits per heavy atom. The molecule has 1 aliphatic heterocycles. The number of amides is 1. The smallest absolute Gasteiger partial charge is 0.266 e. The summed E-state index contributed by atoms with van der Waals surface area (Å²) in [5.41, 5.74) is 0.799. The van der Waals surface area contributed by atoms with Crippen molar-refractivity contribution in [3.8, 4) is 5.75 Å². The average Bonchev–Trinajstić information content (AvgIpc) is 2.88. The maximum atomic E-state index is 12.7. The Kier molecular flexibility index (Phi) is 7.99. The van der Waals surface area contributed by atoms with Gasteiger partial charge in [0.1, 0.15) is 10.1 Å². The summed E-state index contributed by atoms with van der Waals surface area (Å²) in [6, 6.07) is 6.36. The number of thioether (sulfide) groups is 2. The molecule has 5 nitrogen and oxygen atoms in total. The van der Waals surface area contributed by atoms with Crippen molar-refractivity contribution in [2.75, 3.05) is 18.6 Å². The Balaban J connectivity index is 2.21. The van der Waals surface area contributed by atoms with Gasteiger partial charge in [0.25, 0.3) is 5.91 Å². The summed E-state index contributed by atoms with van der Waals surface area (Å²) in [4.78, 5) is 25.7. The molecule has 26 heavy (non-hydrogen) atoms. The minimum atomic E-state index is -1.29. The van der Waals surface area contributed by atoms with Gasteiger partial charge in [-0.1, -0.05) is 43.0 Å². The van der Waals surface area contributed by atoms with Crippen molar-refractivity contribution in [3.63, 3.8) is 0 Å². The molecule has 1 fully saturated rings. The molecule has 1 saturated heterocycles. The molecular weight excluding hydrogens is 390 g/mol. The van der Waals surface area contributed by atoms with Gasteiger partial charge in [-0.05, 0) is 48.6 Å². The van der Waals surface area contributed by atoms with Crippen LogP contribution in [-0.2, 0) is 9.59 Å². The van der Waals surface area contributed by atoms with Crippen molar-refractivity contribution in [2.45, 2.75) is 25.8 Å². The van der Waals surface area contributed by atoms with Gasteiger partial charge in [0, 0.05) is 0 Å². The minimum Gasteiger partial charge on any atom is -0.548 e. The summed E-state index contributed by atoms with van der Waals surface area (Å²) >= 11 is 7.87. The molecule has 2 rings (SSSR count). The van der Waals surface area contributed by atoms with Crippen molar-refractivity contribution in [1.29, 1.82) is 0 Å². The lowest BCUT2D eigenvalue weighted by Crippen LogP contribution is -2.50. The highest BCUT2D eigenvalue weighted by molar-refractivity contribution is 8.26. The van der Waals surface area contributed by atoms with Crippen LogP contribution >= 0.6 is 35.7 Å². The van der Waals surface area contributed by atoms with Crippen LogP contribution in [0.2, 0.25) is 0 Å². The molecule has 0 saturated carbocycles. The van der Waals surface area contributed by atoms with Crippen LogP contribution in [-0.4, -0.2) is 45.8 Å². The van der Waals surface area contributed by atoms with Crippen LogP contribution in [0.5, 0.6) is 5.75 Å². The Morgan fingerprint density at radius 2 is 2.27 bits per heavy atom. The molecule has 1 aromatic rings. The Labute approximate surface area is 167 Å². The molecule has 140 valence electrons. The second-order valence-electron chi connectivity index (χ2n) is 5.59. The molecular formula is C18H20NO4S3-. The van der Waals surface area contributed by atoms with Crippen molar-refractivity contribution >= 4 is 58.0 Å². The van der Waals surface area contributed by atoms with Crippen LogP contribution in [0.3, 0.4) is 0 Å². The van der Waals surface area contributed by atoms with E-state index in [-0.39, 0.29) is 4.32 Å². The first kappa shape index (κ1) is 20.8. The zero-order chi connectivity index (χ0) is 19.1. The Bertz CT molecular complexity index is 720. The molecule has 1 atom stereocenters. The molecule has 1 amide bonds. The number of rotatable bonds is 9. The van der Waals surface area contributed by atoms with Gasteiger partial charge in [-0.15, -0.1) is 0 Å². The summed E-state index contributed by atoms with van der Waals surface area (Å²) < 4.78 is 5.84. The zero-order valence-corrected chi connectivity index (χ0v) is 17.0. The number of aliphatic carboxylic acids is 1. The molecule has 1 aromatic carbocycles. The topological polar surface area (TPSA) is 69.7 Å². The molecule has 0 spiro atoms. The third-order valence-corrected chi connectivity index (χ3v) is 5.61. The third kappa shape index (κ3) is 5.25. The van der Waals surface area contributed by atoms with Crippen molar-refractivity contribution in [1.82, 2.24) is 4.90 Å². The van der Waals surface area contributed by atoms with Crippen LogP contribution in [0, 0.1) is 0 Å². The molecule has 0 N–H and O–H groups in total. The summed E-state index contributed by atoms with van der Waals surface area (Å²) in [7, 11) is 0. The van der Waals surface area contributed by atoms with E-state index in [1.165, 1.54) is 11.8 Å². The van der Waals surface area contributed by atoms with E-state index in [2.05, 4.69) is 0 Å². The minimum absolute atomic E-state index is 0.245. The van der Waals surface area contributed by atoms with E-state index in [1.54, 1.807) is 6.08 Å². The highest BCUT2D eigenvalue weighted by atomic mass is 32.2. The van der Waals surface area contributed by atoms with Gasteiger partial charge < -0.3 is 14.6 Å². The highest BCUT2D eigenvalue weighted by Crippen LogP contribution is 2.35. The van der Waals surface area contributed by atoms with Gasteiger partial charge in [-0.3, -0.25) is 9.69 Å². The number of hydrogen-bond donors (Lipinski definition) is 0. The fourth-order valence-corrected chi connectivity index (χ4v) is 4.21. The van der Waals surface area contributed by atoms with Crippen LogP contribution in [0.4, 0.5) is 0 Å². The predicted octanol–water partition coefficient (Wildman–Crippen LogP) is 2.55. The number of carbonyl (C=O) groups excluding carboxylic acids is 2. The number of benzene rings is 1. The predicted molar refractivity (Wildman–Crippen MR) is 109 cm³/mol. The summed E-state index contributed by atoms with van der Waals surface area (Å²) in [6.45, 7) is 2.65. The quantitative estimate of drug-likeness (QED) is 0.458. The van der Waals surface area contributed by atoms with E-state index in [0.29, 0.717) is 23.7 Å². The lowest BCUT2D eigenvalue weighted by molar-refractivity contribution is -0.310. The number of carboxylic acid groups (broad SMARTS) is 1. The van der Waals surface area contributed by atoms with Gasteiger partial charge in [-0.2, -0.15) is 11.8 Å². The molecule has 0 radical (unpaired) electrons. The first-order valence-electron chi connectivity index (χ1n) is 8.17. The monoisotopic (exact) mass is 410 g/mol. The van der Waals surface area contributed by atoms with Crippen LogP contribution < -0.4 is 9.84 Å².